The standard InChI is InChI=1S/C43H83N2O6P/c1-6-8-10-12-14-15-16-17-18-19-20-21-22-23-24-25-26-27-28-29-31-33-35-37-43(47)44-41(42(46)36-34-32-30-13-11-9-7-2)40-51-52(48,49)50-39-38-45(3,4)5/h11,13,19-20,34,36,41-42,46H,6-10,12,14-18,21-33,35,37-40H2,1-5H3,(H-,44,47,48,49)/p+1/b13-11+,20-19-,36-34+. The van der Waals surface area contributed by atoms with Gasteiger partial charge in [0.1, 0.15) is 13.2 Å². The minimum Gasteiger partial charge on any atom is -0.387 e. The van der Waals surface area contributed by atoms with Gasteiger partial charge in [-0.2, -0.15) is 0 Å². The van der Waals surface area contributed by atoms with Gasteiger partial charge in [-0.1, -0.05) is 159 Å². The molecule has 3 N–H and O–H groups in total. The highest BCUT2D eigenvalue weighted by molar-refractivity contribution is 7.47. The van der Waals surface area contributed by atoms with E-state index in [0.29, 0.717) is 17.4 Å². The molecule has 0 aliphatic carbocycles. The molecule has 0 aliphatic heterocycles. The number of unbranched alkanes of at least 4 members (excludes halogenated alkanes) is 21. The van der Waals surface area contributed by atoms with Gasteiger partial charge in [0, 0.05) is 6.42 Å². The summed E-state index contributed by atoms with van der Waals surface area (Å²) in [7, 11) is 1.55. The number of allylic oxidation sites excluding steroid dienone is 5. The number of likely N-dealkylation sites (N-methyl/N-ethyl adjacent to an activating group) is 1. The van der Waals surface area contributed by atoms with Crippen molar-refractivity contribution in [3.63, 3.8) is 0 Å². The van der Waals surface area contributed by atoms with E-state index in [1.54, 1.807) is 6.08 Å². The van der Waals surface area contributed by atoms with Gasteiger partial charge in [0.15, 0.2) is 0 Å². The van der Waals surface area contributed by atoms with Crippen molar-refractivity contribution in [3.8, 4) is 0 Å². The summed E-state index contributed by atoms with van der Waals surface area (Å²) in [5.74, 6) is -0.193. The van der Waals surface area contributed by atoms with Crippen LogP contribution in [0.1, 0.15) is 181 Å². The zero-order chi connectivity index (χ0) is 38.6. The molecule has 0 fully saturated rings. The van der Waals surface area contributed by atoms with E-state index in [9.17, 15) is 19.4 Å². The number of phosphoric acid groups is 1. The molecule has 1 amide bonds. The molecule has 0 bridgehead atoms. The van der Waals surface area contributed by atoms with Gasteiger partial charge in [-0.05, 0) is 51.4 Å². The van der Waals surface area contributed by atoms with Crippen LogP contribution in [0.25, 0.3) is 0 Å². The first-order valence-electron chi connectivity index (χ1n) is 21.4. The number of amides is 1. The molecule has 0 aromatic rings. The number of quaternary nitrogens is 1. The van der Waals surface area contributed by atoms with Crippen LogP contribution in [0.2, 0.25) is 0 Å². The first-order valence-corrected chi connectivity index (χ1v) is 22.9. The molecular formula is C43H84N2O6P+. The SMILES string of the molecule is CCC/C=C/CC/C=C/C(O)C(COP(=O)(O)OCC[N+](C)(C)C)NC(=O)CCCCCCCCCCCCC/C=C\CCCCCCCCCC. The minimum absolute atomic E-state index is 0.0554. The van der Waals surface area contributed by atoms with E-state index < -0.39 is 20.0 Å². The predicted molar refractivity (Wildman–Crippen MR) is 221 cm³/mol. The second-order valence-corrected chi connectivity index (χ2v) is 17.2. The average molecular weight is 756 g/mol. The van der Waals surface area contributed by atoms with E-state index in [1.807, 2.05) is 27.2 Å². The van der Waals surface area contributed by atoms with Gasteiger partial charge in [0.05, 0.1) is 39.9 Å². The van der Waals surface area contributed by atoms with E-state index in [4.69, 9.17) is 9.05 Å². The van der Waals surface area contributed by atoms with E-state index >= 15 is 0 Å². The fourth-order valence-corrected chi connectivity index (χ4v) is 6.62. The lowest BCUT2D eigenvalue weighted by molar-refractivity contribution is -0.870. The quantitative estimate of drug-likeness (QED) is 0.0251. The molecule has 0 aromatic carbocycles. The molecule has 3 unspecified atom stereocenters. The van der Waals surface area contributed by atoms with Crippen LogP contribution in [-0.4, -0.2) is 73.4 Å². The van der Waals surface area contributed by atoms with Gasteiger partial charge in [-0.15, -0.1) is 0 Å². The van der Waals surface area contributed by atoms with Crippen molar-refractivity contribution in [2.75, 3.05) is 40.9 Å². The maximum atomic E-state index is 12.8. The Bertz CT molecular complexity index is 948. The zero-order valence-corrected chi connectivity index (χ0v) is 35.4. The van der Waals surface area contributed by atoms with Gasteiger partial charge in [0.25, 0.3) is 0 Å². The smallest absolute Gasteiger partial charge is 0.387 e. The van der Waals surface area contributed by atoms with Crippen LogP contribution in [0.4, 0.5) is 0 Å². The lowest BCUT2D eigenvalue weighted by Gasteiger charge is -2.25. The molecule has 0 saturated carbocycles. The molecule has 306 valence electrons. The van der Waals surface area contributed by atoms with E-state index in [2.05, 4.69) is 43.5 Å². The highest BCUT2D eigenvalue weighted by atomic mass is 31.2. The van der Waals surface area contributed by atoms with E-state index in [0.717, 1.165) is 44.9 Å². The van der Waals surface area contributed by atoms with E-state index in [1.165, 1.54) is 116 Å². The first kappa shape index (κ1) is 50.7. The van der Waals surface area contributed by atoms with Crippen LogP contribution in [0.3, 0.4) is 0 Å². The lowest BCUT2D eigenvalue weighted by atomic mass is 10.0. The number of aliphatic hydroxyl groups excluding tert-OH is 1. The second kappa shape index (κ2) is 35.4. The summed E-state index contributed by atoms with van der Waals surface area (Å²) in [5, 5.41) is 13.6. The van der Waals surface area contributed by atoms with Gasteiger partial charge in [0.2, 0.25) is 5.91 Å². The summed E-state index contributed by atoms with van der Waals surface area (Å²) >= 11 is 0. The van der Waals surface area contributed by atoms with Crippen LogP contribution in [0, 0.1) is 0 Å². The normalized spacial score (nSPS) is 14.8. The number of aliphatic hydroxyl groups is 1. The minimum atomic E-state index is -4.33. The van der Waals surface area contributed by atoms with Crippen LogP contribution in [-0.2, 0) is 18.4 Å². The Morgan fingerprint density at radius 1 is 0.635 bits per heavy atom. The van der Waals surface area contributed by atoms with Gasteiger partial charge in [-0.3, -0.25) is 13.8 Å². The maximum Gasteiger partial charge on any atom is 0.472 e. The summed E-state index contributed by atoms with van der Waals surface area (Å²) in [6.45, 7) is 4.67. The van der Waals surface area contributed by atoms with Crippen LogP contribution in [0.5, 0.6) is 0 Å². The number of nitrogens with one attached hydrogen (secondary N) is 1. The number of carbonyl (C=O) groups excluding carboxylic acids is 1. The lowest BCUT2D eigenvalue weighted by Crippen LogP contribution is -2.45. The average Bonchev–Trinajstić information content (AvgIpc) is 3.09. The first-order chi connectivity index (χ1) is 25.0. The summed E-state index contributed by atoms with van der Waals surface area (Å²) < 4.78 is 23.4. The summed E-state index contributed by atoms with van der Waals surface area (Å²) in [4.78, 5) is 23.0. The van der Waals surface area contributed by atoms with Crippen molar-refractivity contribution in [1.82, 2.24) is 5.32 Å². The number of hydrogen-bond donors (Lipinski definition) is 3. The molecule has 3 atom stereocenters. The summed E-state index contributed by atoms with van der Waals surface area (Å²) in [6, 6.07) is -0.858. The van der Waals surface area contributed by atoms with Gasteiger partial charge >= 0.3 is 7.82 Å². The number of rotatable bonds is 38. The Labute approximate surface area is 321 Å². The van der Waals surface area contributed by atoms with Crippen LogP contribution >= 0.6 is 7.82 Å². The Kier molecular flexibility index (Phi) is 34.6. The van der Waals surface area contributed by atoms with Crippen molar-refractivity contribution < 1.29 is 32.9 Å². The number of phosphoric ester groups is 1. The fourth-order valence-electron chi connectivity index (χ4n) is 5.88. The third-order valence-electron chi connectivity index (χ3n) is 9.31. The highest BCUT2D eigenvalue weighted by Crippen LogP contribution is 2.43. The van der Waals surface area contributed by atoms with Crippen molar-refractivity contribution >= 4 is 13.7 Å². The number of carbonyl (C=O) groups is 1. The summed E-state index contributed by atoms with van der Waals surface area (Å²) in [6.07, 6.45) is 42.5. The fraction of sp³-hybridized carbons (Fsp3) is 0.837. The van der Waals surface area contributed by atoms with Crippen molar-refractivity contribution in [3.05, 3.63) is 36.5 Å². The Balaban J connectivity index is 4.15. The molecule has 8 nitrogen and oxygen atoms in total. The van der Waals surface area contributed by atoms with Crippen molar-refractivity contribution in [1.29, 1.82) is 0 Å². The molecule has 0 radical (unpaired) electrons. The van der Waals surface area contributed by atoms with Gasteiger partial charge in [-0.25, -0.2) is 4.57 Å². The number of hydrogen-bond acceptors (Lipinski definition) is 5. The molecule has 0 rings (SSSR count). The maximum absolute atomic E-state index is 12.8. The Morgan fingerprint density at radius 2 is 1.10 bits per heavy atom. The molecule has 9 heteroatoms. The zero-order valence-electron chi connectivity index (χ0n) is 34.5. The van der Waals surface area contributed by atoms with Crippen molar-refractivity contribution in [2.24, 2.45) is 0 Å². The molecule has 0 heterocycles. The van der Waals surface area contributed by atoms with E-state index in [-0.39, 0.29) is 19.1 Å². The van der Waals surface area contributed by atoms with Gasteiger partial charge < -0.3 is 19.8 Å². The third-order valence-corrected chi connectivity index (χ3v) is 10.3. The molecule has 0 saturated heterocycles. The topological polar surface area (TPSA) is 105 Å². The molecule has 0 spiro atoms. The largest absolute Gasteiger partial charge is 0.472 e. The number of nitrogens with zero attached hydrogens (tertiary/aromatic N) is 1. The Hall–Kier alpha value is -1.28. The molecule has 52 heavy (non-hydrogen) atoms. The Morgan fingerprint density at radius 3 is 1.62 bits per heavy atom. The van der Waals surface area contributed by atoms with Crippen molar-refractivity contribution in [2.45, 2.75) is 193 Å². The molecule has 0 aliphatic rings. The third kappa shape index (κ3) is 37.1. The highest BCUT2D eigenvalue weighted by Gasteiger charge is 2.27. The second-order valence-electron chi connectivity index (χ2n) is 15.7. The van der Waals surface area contributed by atoms with Crippen LogP contribution < -0.4 is 5.32 Å². The molecule has 0 aromatic heterocycles. The van der Waals surface area contributed by atoms with Crippen LogP contribution in [0.15, 0.2) is 36.5 Å². The molecular weight excluding hydrogens is 671 g/mol. The summed E-state index contributed by atoms with van der Waals surface area (Å²) in [5.41, 5.74) is 0. The monoisotopic (exact) mass is 756 g/mol. The predicted octanol–water partition coefficient (Wildman–Crippen LogP) is 11.5.